The van der Waals surface area contributed by atoms with Crippen LogP contribution in [0.1, 0.15) is 31.2 Å². The largest absolute Gasteiger partial charge is 0.504 e. The van der Waals surface area contributed by atoms with Crippen LogP contribution in [0.3, 0.4) is 0 Å². The van der Waals surface area contributed by atoms with E-state index in [1.165, 1.54) is 0 Å². The van der Waals surface area contributed by atoms with E-state index in [4.69, 9.17) is 9.84 Å². The highest BCUT2D eigenvalue weighted by atomic mass is 16.5. The number of phenolic OH excluding ortho intramolecular Hbond substituents is 1. The molecule has 1 unspecified atom stereocenters. The number of benzene rings is 1. The van der Waals surface area contributed by atoms with Gasteiger partial charge >= 0.3 is 5.97 Å². The molecule has 0 aliphatic carbocycles. The van der Waals surface area contributed by atoms with Crippen LogP contribution in [-0.4, -0.2) is 41.3 Å². The molecule has 0 radical (unpaired) electrons. The van der Waals surface area contributed by atoms with Crippen molar-refractivity contribution in [1.29, 1.82) is 0 Å². The molecule has 0 bridgehead atoms. The number of phenols is 1. The predicted octanol–water partition coefficient (Wildman–Crippen LogP) is 2.48. The van der Waals surface area contributed by atoms with Crippen molar-refractivity contribution >= 4 is 5.97 Å². The lowest BCUT2D eigenvalue weighted by Crippen LogP contribution is -2.35. The van der Waals surface area contributed by atoms with Crippen molar-refractivity contribution in [2.45, 2.75) is 32.2 Å². The van der Waals surface area contributed by atoms with Crippen LogP contribution < -0.4 is 4.74 Å². The summed E-state index contributed by atoms with van der Waals surface area (Å²) < 4.78 is 5.13. The predicted molar refractivity (Wildman–Crippen MR) is 79.5 cm³/mol. The molecule has 116 valence electrons. The van der Waals surface area contributed by atoms with Crippen molar-refractivity contribution in [3.05, 3.63) is 23.8 Å². The SMILES string of the molecule is COc1cccc(CN2CCCC(CCC(=O)O)C2)c1O. The summed E-state index contributed by atoms with van der Waals surface area (Å²) in [4.78, 5) is 13.0. The van der Waals surface area contributed by atoms with Crippen molar-refractivity contribution in [3.8, 4) is 11.5 Å². The summed E-state index contributed by atoms with van der Waals surface area (Å²) in [7, 11) is 1.54. The number of carboxylic acid groups (broad SMARTS) is 1. The topological polar surface area (TPSA) is 70.0 Å². The Labute approximate surface area is 125 Å². The molecule has 5 nitrogen and oxygen atoms in total. The van der Waals surface area contributed by atoms with Gasteiger partial charge < -0.3 is 14.9 Å². The summed E-state index contributed by atoms with van der Waals surface area (Å²) in [6.45, 7) is 2.55. The summed E-state index contributed by atoms with van der Waals surface area (Å²) in [5, 5.41) is 18.9. The maximum Gasteiger partial charge on any atom is 0.303 e. The van der Waals surface area contributed by atoms with Crippen LogP contribution in [-0.2, 0) is 11.3 Å². The van der Waals surface area contributed by atoms with E-state index in [9.17, 15) is 9.90 Å². The molecule has 1 heterocycles. The zero-order chi connectivity index (χ0) is 15.2. The van der Waals surface area contributed by atoms with Gasteiger partial charge in [-0.15, -0.1) is 0 Å². The molecule has 1 fully saturated rings. The lowest BCUT2D eigenvalue weighted by molar-refractivity contribution is -0.137. The van der Waals surface area contributed by atoms with Crippen LogP contribution in [0.4, 0.5) is 0 Å². The Bertz CT molecular complexity index is 489. The minimum atomic E-state index is -0.724. The smallest absolute Gasteiger partial charge is 0.303 e. The summed E-state index contributed by atoms with van der Waals surface area (Å²) in [6, 6.07) is 5.52. The maximum absolute atomic E-state index is 10.7. The van der Waals surface area contributed by atoms with Gasteiger partial charge in [-0.05, 0) is 37.8 Å². The van der Waals surface area contributed by atoms with Crippen molar-refractivity contribution < 1.29 is 19.7 Å². The second kappa shape index (κ2) is 7.31. The Morgan fingerprint density at radius 1 is 1.48 bits per heavy atom. The first-order chi connectivity index (χ1) is 10.1. The summed E-state index contributed by atoms with van der Waals surface area (Å²) in [5.41, 5.74) is 0.855. The maximum atomic E-state index is 10.7. The van der Waals surface area contributed by atoms with E-state index < -0.39 is 5.97 Å². The third-order valence-corrected chi connectivity index (χ3v) is 4.07. The van der Waals surface area contributed by atoms with Gasteiger partial charge in [-0.25, -0.2) is 0 Å². The molecule has 1 aromatic rings. The average molecular weight is 293 g/mol. The van der Waals surface area contributed by atoms with Crippen LogP contribution in [0, 0.1) is 5.92 Å². The Balaban J connectivity index is 1.95. The van der Waals surface area contributed by atoms with Crippen molar-refractivity contribution in [2.24, 2.45) is 5.92 Å². The summed E-state index contributed by atoms with van der Waals surface area (Å²) in [5.74, 6) is 0.403. The molecule has 2 rings (SSSR count). The van der Waals surface area contributed by atoms with E-state index in [1.54, 1.807) is 13.2 Å². The average Bonchev–Trinajstić information content (AvgIpc) is 2.48. The third-order valence-electron chi connectivity index (χ3n) is 4.07. The second-order valence-corrected chi connectivity index (χ2v) is 5.64. The standard InChI is InChI=1S/C16H23NO4/c1-21-14-6-2-5-13(16(14)20)11-17-9-3-4-12(10-17)7-8-15(18)19/h2,5-6,12,20H,3-4,7-11H2,1H3,(H,18,19). The fourth-order valence-corrected chi connectivity index (χ4v) is 2.96. The van der Waals surface area contributed by atoms with E-state index in [0.29, 0.717) is 18.2 Å². The van der Waals surface area contributed by atoms with Gasteiger partial charge in [0.1, 0.15) is 0 Å². The van der Waals surface area contributed by atoms with Gasteiger partial charge in [-0.3, -0.25) is 9.69 Å². The number of rotatable bonds is 6. The van der Waals surface area contributed by atoms with E-state index in [0.717, 1.165) is 37.9 Å². The van der Waals surface area contributed by atoms with Gasteiger partial charge in [0, 0.05) is 25.1 Å². The number of aliphatic carboxylic acids is 1. The molecule has 1 aliphatic heterocycles. The van der Waals surface area contributed by atoms with Gasteiger partial charge in [-0.1, -0.05) is 12.1 Å². The van der Waals surface area contributed by atoms with Gasteiger partial charge in [0.25, 0.3) is 0 Å². The van der Waals surface area contributed by atoms with Crippen LogP contribution in [0.25, 0.3) is 0 Å². The first-order valence-corrected chi connectivity index (χ1v) is 7.39. The first kappa shape index (κ1) is 15.6. The number of methoxy groups -OCH3 is 1. The van der Waals surface area contributed by atoms with Crippen molar-refractivity contribution in [2.75, 3.05) is 20.2 Å². The molecular formula is C16H23NO4. The fraction of sp³-hybridized carbons (Fsp3) is 0.562. The highest BCUT2D eigenvalue weighted by Gasteiger charge is 2.21. The highest BCUT2D eigenvalue weighted by molar-refractivity contribution is 5.66. The fourth-order valence-electron chi connectivity index (χ4n) is 2.96. The zero-order valence-electron chi connectivity index (χ0n) is 12.4. The number of nitrogens with zero attached hydrogens (tertiary/aromatic N) is 1. The van der Waals surface area contributed by atoms with Crippen molar-refractivity contribution in [1.82, 2.24) is 4.90 Å². The molecule has 0 saturated carbocycles. The van der Waals surface area contributed by atoms with Crippen molar-refractivity contribution in [3.63, 3.8) is 0 Å². The van der Waals surface area contributed by atoms with Crippen LogP contribution in [0.2, 0.25) is 0 Å². The number of ether oxygens (including phenoxy) is 1. The number of carboxylic acids is 1. The van der Waals surface area contributed by atoms with Gasteiger partial charge in [0.05, 0.1) is 7.11 Å². The van der Waals surface area contributed by atoms with Crippen LogP contribution >= 0.6 is 0 Å². The van der Waals surface area contributed by atoms with Crippen LogP contribution in [0.15, 0.2) is 18.2 Å². The summed E-state index contributed by atoms with van der Waals surface area (Å²) in [6.07, 6.45) is 3.14. The molecule has 1 saturated heterocycles. The monoisotopic (exact) mass is 293 g/mol. The molecule has 0 aromatic heterocycles. The summed E-state index contributed by atoms with van der Waals surface area (Å²) >= 11 is 0. The van der Waals surface area contributed by atoms with Gasteiger partial charge in [-0.2, -0.15) is 0 Å². The number of hydrogen-bond acceptors (Lipinski definition) is 4. The number of likely N-dealkylation sites (tertiary alicyclic amines) is 1. The van der Waals surface area contributed by atoms with Crippen LogP contribution in [0.5, 0.6) is 11.5 Å². The minimum absolute atomic E-state index is 0.202. The highest BCUT2D eigenvalue weighted by Crippen LogP contribution is 2.31. The number of piperidine rings is 1. The molecule has 1 aromatic carbocycles. The number of aromatic hydroxyl groups is 1. The second-order valence-electron chi connectivity index (χ2n) is 5.64. The molecule has 1 atom stereocenters. The normalized spacial score (nSPS) is 19.4. The molecule has 0 spiro atoms. The molecule has 21 heavy (non-hydrogen) atoms. The van der Waals surface area contributed by atoms with Gasteiger partial charge in [0.2, 0.25) is 0 Å². The number of carbonyl (C=O) groups is 1. The minimum Gasteiger partial charge on any atom is -0.504 e. The zero-order valence-corrected chi connectivity index (χ0v) is 12.4. The number of para-hydroxylation sites is 1. The molecule has 1 aliphatic rings. The van der Waals surface area contributed by atoms with E-state index in [1.807, 2.05) is 12.1 Å². The first-order valence-electron chi connectivity index (χ1n) is 7.39. The quantitative estimate of drug-likeness (QED) is 0.843. The Kier molecular flexibility index (Phi) is 5.44. The molecule has 5 heteroatoms. The lowest BCUT2D eigenvalue weighted by Gasteiger charge is -2.32. The lowest BCUT2D eigenvalue weighted by atomic mass is 9.93. The third kappa shape index (κ3) is 4.36. The van der Waals surface area contributed by atoms with E-state index in [2.05, 4.69) is 4.90 Å². The van der Waals surface area contributed by atoms with E-state index >= 15 is 0 Å². The molecule has 0 amide bonds. The Morgan fingerprint density at radius 3 is 3.00 bits per heavy atom. The molecule has 2 N–H and O–H groups in total. The van der Waals surface area contributed by atoms with Gasteiger partial charge in [0.15, 0.2) is 11.5 Å². The number of hydrogen-bond donors (Lipinski definition) is 2. The molecular weight excluding hydrogens is 270 g/mol. The Hall–Kier alpha value is -1.75. The Morgan fingerprint density at radius 2 is 2.29 bits per heavy atom. The van der Waals surface area contributed by atoms with E-state index in [-0.39, 0.29) is 12.2 Å².